The number of carbonyl (C=O) groups is 2. The maximum atomic E-state index is 12.3. The highest BCUT2D eigenvalue weighted by Crippen LogP contribution is 2.22. The van der Waals surface area contributed by atoms with Gasteiger partial charge in [0.15, 0.2) is 0 Å². The van der Waals surface area contributed by atoms with Gasteiger partial charge < -0.3 is 10.2 Å². The van der Waals surface area contributed by atoms with E-state index in [0.29, 0.717) is 6.54 Å². The van der Waals surface area contributed by atoms with Crippen molar-refractivity contribution in [1.29, 1.82) is 0 Å². The normalized spacial score (nSPS) is 27.3. The maximum Gasteiger partial charge on any atom is 0.246 e. The molecule has 4 nitrogen and oxygen atoms in total. The molecule has 1 heterocycles. The quantitative estimate of drug-likeness (QED) is 0.807. The van der Waals surface area contributed by atoms with Gasteiger partial charge in [0.1, 0.15) is 12.1 Å². The fourth-order valence-corrected chi connectivity index (χ4v) is 2.35. The van der Waals surface area contributed by atoms with Gasteiger partial charge in [0, 0.05) is 6.54 Å². The Balaban J connectivity index is 2.97. The van der Waals surface area contributed by atoms with Crippen LogP contribution in [0.15, 0.2) is 0 Å². The van der Waals surface area contributed by atoms with Gasteiger partial charge in [-0.3, -0.25) is 9.59 Å². The highest BCUT2D eigenvalue weighted by atomic mass is 16.2. The van der Waals surface area contributed by atoms with Crippen molar-refractivity contribution in [2.45, 2.75) is 53.1 Å². The number of nitrogens with zero attached hydrogens (tertiary/aromatic N) is 1. The Kier molecular flexibility index (Phi) is 4.54. The molecule has 0 radical (unpaired) electrons. The SMILES string of the molecule is CCC(C)C1C(=O)NC(C(C)C)C(=O)N1CC. The van der Waals surface area contributed by atoms with Crippen molar-refractivity contribution in [2.75, 3.05) is 6.54 Å². The Labute approximate surface area is 104 Å². The van der Waals surface area contributed by atoms with Gasteiger partial charge in [0.25, 0.3) is 0 Å². The molecule has 2 amide bonds. The molecule has 0 bridgehead atoms. The van der Waals surface area contributed by atoms with Crippen LogP contribution in [0, 0.1) is 11.8 Å². The molecule has 17 heavy (non-hydrogen) atoms. The van der Waals surface area contributed by atoms with Gasteiger partial charge in [-0.1, -0.05) is 34.1 Å². The van der Waals surface area contributed by atoms with Crippen LogP contribution in [-0.4, -0.2) is 35.3 Å². The minimum atomic E-state index is -0.359. The number of nitrogens with one attached hydrogen (secondary N) is 1. The van der Waals surface area contributed by atoms with Gasteiger partial charge in [-0.25, -0.2) is 0 Å². The lowest BCUT2D eigenvalue weighted by molar-refractivity contribution is -0.152. The van der Waals surface area contributed by atoms with Crippen molar-refractivity contribution in [3.05, 3.63) is 0 Å². The number of hydrogen-bond donors (Lipinski definition) is 1. The molecule has 0 aromatic carbocycles. The number of carbonyl (C=O) groups excluding carboxylic acids is 2. The average Bonchev–Trinajstić information content (AvgIpc) is 2.29. The van der Waals surface area contributed by atoms with Crippen LogP contribution < -0.4 is 5.32 Å². The second-order valence-corrected chi connectivity index (χ2v) is 5.18. The lowest BCUT2D eigenvalue weighted by atomic mass is 9.90. The van der Waals surface area contributed by atoms with E-state index >= 15 is 0 Å². The molecule has 1 aliphatic rings. The molecule has 0 aromatic heterocycles. The molecule has 0 aliphatic carbocycles. The minimum absolute atomic E-state index is 0.000463. The van der Waals surface area contributed by atoms with Gasteiger partial charge >= 0.3 is 0 Å². The van der Waals surface area contributed by atoms with Crippen LogP contribution in [0.1, 0.15) is 41.0 Å². The standard InChI is InChI=1S/C13H24N2O2/c1-6-9(5)11-12(16)14-10(8(3)4)13(17)15(11)7-2/h8-11H,6-7H2,1-5H3,(H,14,16). The summed E-state index contributed by atoms with van der Waals surface area (Å²) in [6.45, 7) is 10.5. The van der Waals surface area contributed by atoms with E-state index in [-0.39, 0.29) is 35.7 Å². The van der Waals surface area contributed by atoms with E-state index in [1.807, 2.05) is 34.6 Å². The van der Waals surface area contributed by atoms with Crippen LogP contribution in [0.2, 0.25) is 0 Å². The summed E-state index contributed by atoms with van der Waals surface area (Å²) in [4.78, 5) is 26.1. The van der Waals surface area contributed by atoms with Crippen LogP contribution >= 0.6 is 0 Å². The number of hydrogen-bond acceptors (Lipinski definition) is 2. The summed E-state index contributed by atoms with van der Waals surface area (Å²) in [5.41, 5.74) is 0. The molecule has 3 atom stereocenters. The van der Waals surface area contributed by atoms with Crippen LogP contribution in [0.3, 0.4) is 0 Å². The molecule has 0 aromatic rings. The zero-order valence-corrected chi connectivity index (χ0v) is 11.5. The predicted octanol–water partition coefficient (Wildman–Crippen LogP) is 1.40. The van der Waals surface area contributed by atoms with Crippen molar-refractivity contribution in [1.82, 2.24) is 10.2 Å². The van der Waals surface area contributed by atoms with Crippen molar-refractivity contribution in [3.63, 3.8) is 0 Å². The maximum absolute atomic E-state index is 12.3. The summed E-state index contributed by atoms with van der Waals surface area (Å²) in [6.07, 6.45) is 0.897. The van der Waals surface area contributed by atoms with Crippen molar-refractivity contribution in [3.8, 4) is 0 Å². The van der Waals surface area contributed by atoms with Crippen LogP contribution in [0.5, 0.6) is 0 Å². The fourth-order valence-electron chi connectivity index (χ4n) is 2.35. The summed E-state index contributed by atoms with van der Waals surface area (Å²) >= 11 is 0. The van der Waals surface area contributed by atoms with Crippen molar-refractivity contribution < 1.29 is 9.59 Å². The summed E-state index contributed by atoms with van der Waals surface area (Å²) in [6, 6.07) is -0.657. The number of piperazine rings is 1. The zero-order chi connectivity index (χ0) is 13.2. The minimum Gasteiger partial charge on any atom is -0.342 e. The largest absolute Gasteiger partial charge is 0.342 e. The zero-order valence-electron chi connectivity index (χ0n) is 11.5. The summed E-state index contributed by atoms with van der Waals surface area (Å²) < 4.78 is 0. The Morgan fingerprint density at radius 2 is 1.82 bits per heavy atom. The van der Waals surface area contributed by atoms with Gasteiger partial charge in [-0.2, -0.15) is 0 Å². The molecule has 1 rings (SSSR count). The third-order valence-corrected chi connectivity index (χ3v) is 3.64. The van der Waals surface area contributed by atoms with Crippen LogP contribution in [0.25, 0.3) is 0 Å². The fraction of sp³-hybridized carbons (Fsp3) is 0.846. The number of likely N-dealkylation sites (N-methyl/N-ethyl adjacent to an activating group) is 1. The molecule has 1 saturated heterocycles. The van der Waals surface area contributed by atoms with Gasteiger partial charge in [-0.05, 0) is 18.8 Å². The van der Waals surface area contributed by atoms with E-state index < -0.39 is 0 Å². The first kappa shape index (κ1) is 14.0. The summed E-state index contributed by atoms with van der Waals surface area (Å²) in [5.74, 6) is 0.400. The number of rotatable bonds is 4. The molecule has 4 heteroatoms. The lowest BCUT2D eigenvalue weighted by Gasteiger charge is -2.42. The van der Waals surface area contributed by atoms with E-state index in [4.69, 9.17) is 0 Å². The monoisotopic (exact) mass is 240 g/mol. The molecule has 1 aliphatic heterocycles. The van der Waals surface area contributed by atoms with Crippen molar-refractivity contribution in [2.24, 2.45) is 11.8 Å². The topological polar surface area (TPSA) is 49.4 Å². The third kappa shape index (κ3) is 2.61. The number of amides is 2. The second-order valence-electron chi connectivity index (χ2n) is 5.18. The highest BCUT2D eigenvalue weighted by Gasteiger charge is 2.42. The van der Waals surface area contributed by atoms with E-state index in [9.17, 15) is 9.59 Å². The third-order valence-electron chi connectivity index (χ3n) is 3.64. The Bertz CT molecular complexity index is 302. The molecule has 1 fully saturated rings. The van der Waals surface area contributed by atoms with Gasteiger partial charge in [-0.15, -0.1) is 0 Å². The average molecular weight is 240 g/mol. The van der Waals surface area contributed by atoms with Gasteiger partial charge in [0.05, 0.1) is 0 Å². The van der Waals surface area contributed by atoms with Gasteiger partial charge in [0.2, 0.25) is 11.8 Å². The predicted molar refractivity (Wildman–Crippen MR) is 67.4 cm³/mol. The smallest absolute Gasteiger partial charge is 0.246 e. The summed E-state index contributed by atoms with van der Waals surface area (Å²) in [5, 5.41) is 2.87. The molecule has 98 valence electrons. The molecule has 3 unspecified atom stereocenters. The Morgan fingerprint density at radius 3 is 2.24 bits per heavy atom. The molecule has 1 N–H and O–H groups in total. The highest BCUT2D eigenvalue weighted by molar-refractivity contribution is 5.97. The van der Waals surface area contributed by atoms with Crippen LogP contribution in [-0.2, 0) is 9.59 Å². The first-order valence-electron chi connectivity index (χ1n) is 6.54. The Hall–Kier alpha value is -1.06. The Morgan fingerprint density at radius 1 is 1.24 bits per heavy atom. The van der Waals surface area contributed by atoms with E-state index in [0.717, 1.165) is 6.42 Å². The molecule has 0 saturated carbocycles. The summed E-state index contributed by atoms with van der Waals surface area (Å²) in [7, 11) is 0. The second kappa shape index (κ2) is 5.52. The molecule has 0 spiro atoms. The first-order valence-corrected chi connectivity index (χ1v) is 6.54. The lowest BCUT2D eigenvalue weighted by Crippen LogP contribution is -2.66. The van der Waals surface area contributed by atoms with E-state index in [1.54, 1.807) is 4.90 Å². The van der Waals surface area contributed by atoms with Crippen molar-refractivity contribution >= 4 is 11.8 Å². The first-order chi connectivity index (χ1) is 7.93. The van der Waals surface area contributed by atoms with E-state index in [2.05, 4.69) is 5.32 Å². The van der Waals surface area contributed by atoms with E-state index in [1.165, 1.54) is 0 Å². The molecular formula is C13H24N2O2. The molecular weight excluding hydrogens is 216 g/mol. The van der Waals surface area contributed by atoms with Crippen LogP contribution in [0.4, 0.5) is 0 Å².